The fourth-order valence-electron chi connectivity index (χ4n) is 11.5. The number of carbonyl (C=O) groups is 3. The van der Waals surface area contributed by atoms with E-state index >= 15 is 0 Å². The van der Waals surface area contributed by atoms with Crippen molar-refractivity contribution in [1.29, 1.82) is 10.5 Å². The summed E-state index contributed by atoms with van der Waals surface area (Å²) in [6.07, 6.45) is 7.02. The smallest absolute Gasteiger partial charge is 0.269 e. The van der Waals surface area contributed by atoms with Gasteiger partial charge in [0.2, 0.25) is 0 Å². The Bertz CT molecular complexity index is 4980. The van der Waals surface area contributed by atoms with Crippen LogP contribution in [0.15, 0.2) is 292 Å². The standard InChI is InChI=1S/2C30H27N3O3.C29H27N3O5/c1-35-29-19-25(13-14-28(29)36-22-23-8-3-2-4-9-23)21-33(17-15-27-12-5-6-16-32-27)30(34)26-11-7-10-24(18-26)20-31;1-35-29-19-25(12-15-28(29)36-22-24-7-3-2-4-8-24)21-33(18-16-27-9-5-6-17-32-27)30(34)26-13-10-23(20-31)11-14-26;1-36-28-19-23(10-15-27(28)37-21-22-7-3-2-4-8-22)20-31(18-16-25-9-5-6-17-30-25)29(33)24-11-13-26(14-12-24)32(34)35/h2-14,16,18-19H,15,17,21-22H2,1H3;2-15,17,19H,16,18,21-22H2,1H3;2-15,17,19H,16,18,20-21H2,1H3. The molecule has 0 aliphatic carbocycles. The molecule has 0 bridgehead atoms. The van der Waals surface area contributed by atoms with Crippen LogP contribution in [0.3, 0.4) is 0 Å². The summed E-state index contributed by atoms with van der Waals surface area (Å²) in [5, 5.41) is 29.4. The molecule has 0 saturated carbocycles. The topological polar surface area (TPSA) is 246 Å². The molecule has 0 atom stereocenters. The third kappa shape index (κ3) is 23.8. The number of methoxy groups -OCH3 is 3. The predicted molar refractivity (Wildman–Crippen MR) is 415 cm³/mol. The minimum absolute atomic E-state index is 0.0626. The van der Waals surface area contributed by atoms with Crippen LogP contribution in [-0.4, -0.2) is 93.3 Å². The highest BCUT2D eigenvalue weighted by molar-refractivity contribution is 5.95. The van der Waals surface area contributed by atoms with E-state index in [0.717, 1.165) is 50.5 Å². The average molecular weight is 1450 g/mol. The van der Waals surface area contributed by atoms with E-state index in [1.165, 1.54) is 24.3 Å². The molecule has 548 valence electrons. The third-order valence-electron chi connectivity index (χ3n) is 17.3. The van der Waals surface area contributed by atoms with Crippen molar-refractivity contribution in [3.05, 3.63) is 380 Å². The maximum absolute atomic E-state index is 13.5. The van der Waals surface area contributed by atoms with Crippen LogP contribution < -0.4 is 28.4 Å². The van der Waals surface area contributed by atoms with Gasteiger partial charge in [-0.2, -0.15) is 10.5 Å². The van der Waals surface area contributed by atoms with Crippen molar-refractivity contribution in [3.8, 4) is 46.6 Å². The second-order valence-electron chi connectivity index (χ2n) is 24.9. The molecule has 3 amide bonds. The zero-order valence-electron chi connectivity index (χ0n) is 60.7. The molecule has 0 aliphatic heterocycles. The Hall–Kier alpha value is -14.0. The first kappa shape index (κ1) is 77.6. The van der Waals surface area contributed by atoms with Gasteiger partial charge in [-0.1, -0.05) is 133 Å². The Morgan fingerprint density at radius 2 is 0.697 bits per heavy atom. The number of hydrogen-bond donors (Lipinski definition) is 0. The van der Waals surface area contributed by atoms with E-state index in [9.17, 15) is 29.8 Å². The molecule has 12 rings (SSSR count). The van der Waals surface area contributed by atoms with Crippen LogP contribution >= 0.6 is 0 Å². The lowest BCUT2D eigenvalue weighted by Gasteiger charge is -2.24. The summed E-state index contributed by atoms with van der Waals surface area (Å²) in [5.41, 5.74) is 10.8. The van der Waals surface area contributed by atoms with Crippen molar-refractivity contribution in [3.63, 3.8) is 0 Å². The molecule has 3 aromatic heterocycles. The SMILES string of the molecule is COc1cc(CN(CCc2ccccn2)C(=O)c2ccc(C#N)cc2)ccc1OCc1ccccc1.COc1cc(CN(CCc2ccccn2)C(=O)c2ccc([N+](=O)[O-])cc2)ccc1OCc1ccccc1.COc1cc(CN(CCc2ccccn2)C(=O)c2cccc(C#N)c2)ccc1OCc1ccccc1. The number of hydrogen-bond acceptors (Lipinski definition) is 16. The quantitative estimate of drug-likeness (QED) is 0.0289. The highest BCUT2D eigenvalue weighted by Crippen LogP contribution is 2.33. The van der Waals surface area contributed by atoms with Gasteiger partial charge in [-0.25, -0.2) is 0 Å². The number of pyridine rings is 3. The maximum Gasteiger partial charge on any atom is 0.269 e. The van der Waals surface area contributed by atoms with E-state index in [1.54, 1.807) is 103 Å². The second kappa shape index (κ2) is 40.9. The van der Waals surface area contributed by atoms with Crippen molar-refractivity contribution < 1.29 is 47.7 Å². The first-order chi connectivity index (χ1) is 53.3. The van der Waals surface area contributed by atoms with Gasteiger partial charge >= 0.3 is 0 Å². The molecule has 0 saturated heterocycles. The summed E-state index contributed by atoms with van der Waals surface area (Å²) in [6, 6.07) is 87.2. The van der Waals surface area contributed by atoms with Crippen LogP contribution in [-0.2, 0) is 58.7 Å². The van der Waals surface area contributed by atoms with Crippen LogP contribution in [0, 0.1) is 32.8 Å². The zero-order valence-corrected chi connectivity index (χ0v) is 60.7. The van der Waals surface area contributed by atoms with E-state index < -0.39 is 4.92 Å². The monoisotopic (exact) mass is 1450 g/mol. The van der Waals surface area contributed by atoms with Gasteiger partial charge in [0.25, 0.3) is 23.4 Å². The minimum Gasteiger partial charge on any atom is -0.493 e. The number of amides is 3. The van der Waals surface area contributed by atoms with Gasteiger partial charge in [0.1, 0.15) is 19.8 Å². The molecule has 3 heterocycles. The lowest BCUT2D eigenvalue weighted by Crippen LogP contribution is -2.32. The van der Waals surface area contributed by atoms with Gasteiger partial charge in [0, 0.05) is 123 Å². The largest absolute Gasteiger partial charge is 0.493 e. The van der Waals surface area contributed by atoms with E-state index in [1.807, 2.05) is 200 Å². The number of carbonyl (C=O) groups excluding carboxylic acids is 3. The molecule has 20 nitrogen and oxygen atoms in total. The Morgan fingerprint density at radius 3 is 1.02 bits per heavy atom. The van der Waals surface area contributed by atoms with Crippen LogP contribution in [0.5, 0.6) is 34.5 Å². The van der Waals surface area contributed by atoms with Gasteiger partial charge in [0.15, 0.2) is 34.5 Å². The van der Waals surface area contributed by atoms with E-state index in [2.05, 4.69) is 27.1 Å². The van der Waals surface area contributed by atoms with Gasteiger partial charge < -0.3 is 43.1 Å². The molecule has 12 aromatic rings. The molecule has 0 unspecified atom stereocenters. The van der Waals surface area contributed by atoms with Gasteiger partial charge in [-0.05, 0) is 161 Å². The molecule has 20 heteroatoms. The number of nitro groups is 1. The molecule has 9 aromatic carbocycles. The Kier molecular flexibility index (Phi) is 29.1. The summed E-state index contributed by atoms with van der Waals surface area (Å²) < 4.78 is 34.6. The fourth-order valence-corrected chi connectivity index (χ4v) is 11.5. The van der Waals surface area contributed by atoms with Gasteiger partial charge in [-0.3, -0.25) is 39.4 Å². The third-order valence-corrected chi connectivity index (χ3v) is 17.3. The summed E-state index contributed by atoms with van der Waals surface area (Å²) in [5.74, 6) is 3.19. The van der Waals surface area contributed by atoms with Crippen molar-refractivity contribution in [2.24, 2.45) is 0 Å². The maximum atomic E-state index is 13.5. The number of ether oxygens (including phenoxy) is 6. The predicted octanol–water partition coefficient (Wildman–Crippen LogP) is 16.3. The Labute approximate surface area is 634 Å². The van der Waals surface area contributed by atoms with Crippen molar-refractivity contribution in [1.82, 2.24) is 29.7 Å². The summed E-state index contributed by atoms with van der Waals surface area (Å²) >= 11 is 0. The van der Waals surface area contributed by atoms with Crippen LogP contribution in [0.25, 0.3) is 0 Å². The molecule has 0 aliphatic rings. The van der Waals surface area contributed by atoms with Gasteiger partial charge in [0.05, 0.1) is 49.5 Å². The van der Waals surface area contributed by atoms with Crippen molar-refractivity contribution >= 4 is 23.4 Å². The number of nitriles is 2. The lowest BCUT2D eigenvalue weighted by atomic mass is 10.1. The number of rotatable bonds is 31. The number of non-ortho nitro benzene ring substituents is 1. The van der Waals surface area contributed by atoms with Crippen LogP contribution in [0.1, 0.15) is 92.7 Å². The van der Waals surface area contributed by atoms with Crippen LogP contribution in [0.4, 0.5) is 5.69 Å². The number of aromatic nitrogens is 3. The summed E-state index contributed by atoms with van der Waals surface area (Å²) in [4.78, 5) is 69.2. The Morgan fingerprint density at radius 1 is 0.358 bits per heavy atom. The molecule has 109 heavy (non-hydrogen) atoms. The fraction of sp³-hybridized carbons (Fsp3) is 0.169. The van der Waals surface area contributed by atoms with Crippen LogP contribution in [0.2, 0.25) is 0 Å². The van der Waals surface area contributed by atoms with Crippen molar-refractivity contribution in [2.75, 3.05) is 41.0 Å². The summed E-state index contributed by atoms with van der Waals surface area (Å²) in [7, 11) is 4.79. The van der Waals surface area contributed by atoms with Gasteiger partial charge in [-0.15, -0.1) is 0 Å². The van der Waals surface area contributed by atoms with E-state index in [0.29, 0.717) is 141 Å². The first-order valence-electron chi connectivity index (χ1n) is 35.2. The Balaban J connectivity index is 0.000000174. The molecule has 0 radical (unpaired) electrons. The second-order valence-corrected chi connectivity index (χ2v) is 24.9. The number of nitro benzene ring substituents is 1. The lowest BCUT2D eigenvalue weighted by molar-refractivity contribution is -0.384. The molecule has 0 fully saturated rings. The van der Waals surface area contributed by atoms with E-state index in [-0.39, 0.29) is 23.4 Å². The first-order valence-corrected chi connectivity index (χ1v) is 35.2. The van der Waals surface area contributed by atoms with Crippen molar-refractivity contribution in [2.45, 2.75) is 58.7 Å². The normalized spacial score (nSPS) is 10.4. The molecule has 0 spiro atoms. The minimum atomic E-state index is -0.485. The molecular weight excluding hydrogens is 1370 g/mol. The summed E-state index contributed by atoms with van der Waals surface area (Å²) in [6.45, 7) is 3.74. The zero-order chi connectivity index (χ0) is 76.4. The average Bonchev–Trinajstić information content (AvgIpc) is 0.840. The highest BCUT2D eigenvalue weighted by Gasteiger charge is 2.23. The van der Waals surface area contributed by atoms with E-state index in [4.69, 9.17) is 33.7 Å². The highest BCUT2D eigenvalue weighted by atomic mass is 16.6. The molecular formula is C89H81N9O11. The number of nitrogens with zero attached hydrogens (tertiary/aromatic N) is 9. The number of benzene rings is 9. The molecule has 0 N–H and O–H groups in total.